The first-order chi connectivity index (χ1) is 15.0. The Morgan fingerprint density at radius 2 is 1.74 bits per heavy atom. The fourth-order valence-corrected chi connectivity index (χ4v) is 4.51. The first-order valence-corrected chi connectivity index (χ1v) is 12.2. The molecule has 2 aromatic carbocycles. The van der Waals surface area contributed by atoms with Crippen LogP contribution < -0.4 is 0 Å². The molecule has 1 heterocycles. The van der Waals surface area contributed by atoms with Crippen LogP contribution in [-0.4, -0.2) is 44.4 Å². The number of carbonyl (C=O) groups excluding carboxylic acids is 1. The first-order valence-electron chi connectivity index (χ1n) is 10.4. The summed E-state index contributed by atoms with van der Waals surface area (Å²) in [5.74, 6) is 1.82. The lowest BCUT2D eigenvalue weighted by atomic mass is 10.2. The molecule has 0 radical (unpaired) electrons. The van der Waals surface area contributed by atoms with Gasteiger partial charge in [-0.2, -0.15) is 0 Å². The van der Waals surface area contributed by atoms with Gasteiger partial charge in [-0.25, -0.2) is 0 Å². The van der Waals surface area contributed by atoms with Gasteiger partial charge >= 0.3 is 0 Å². The van der Waals surface area contributed by atoms with Crippen LogP contribution in [0, 0.1) is 0 Å². The van der Waals surface area contributed by atoms with Crippen LogP contribution in [0.15, 0.2) is 53.7 Å². The Labute approximate surface area is 197 Å². The number of benzene rings is 2. The molecular weight excluding hydrogens is 451 g/mol. The summed E-state index contributed by atoms with van der Waals surface area (Å²) >= 11 is 14.0. The van der Waals surface area contributed by atoms with Crippen LogP contribution in [0.3, 0.4) is 0 Å². The predicted molar refractivity (Wildman–Crippen MR) is 129 cm³/mol. The third-order valence-electron chi connectivity index (χ3n) is 4.96. The average molecular weight is 477 g/mol. The summed E-state index contributed by atoms with van der Waals surface area (Å²) in [6.45, 7) is 5.55. The molecule has 1 amide bonds. The molecule has 3 aromatic rings. The molecule has 3 rings (SSSR count). The minimum absolute atomic E-state index is 0.223. The number of rotatable bonds is 10. The molecule has 0 aliphatic rings. The highest BCUT2D eigenvalue weighted by atomic mass is 35.5. The van der Waals surface area contributed by atoms with E-state index in [1.54, 1.807) is 17.8 Å². The van der Waals surface area contributed by atoms with Crippen molar-refractivity contribution in [3.63, 3.8) is 0 Å². The Morgan fingerprint density at radius 1 is 1.00 bits per heavy atom. The molecule has 0 saturated heterocycles. The van der Waals surface area contributed by atoms with Crippen molar-refractivity contribution in [3.8, 4) is 17.1 Å². The zero-order chi connectivity index (χ0) is 22.2. The lowest BCUT2D eigenvalue weighted by Gasteiger charge is -2.18. The van der Waals surface area contributed by atoms with Crippen molar-refractivity contribution in [1.29, 1.82) is 0 Å². The summed E-state index contributed by atoms with van der Waals surface area (Å²) < 4.78 is 2.00. The van der Waals surface area contributed by atoms with E-state index in [0.29, 0.717) is 16.5 Å². The summed E-state index contributed by atoms with van der Waals surface area (Å²) in [5.41, 5.74) is 1.83. The molecule has 0 unspecified atom stereocenters. The van der Waals surface area contributed by atoms with Crippen LogP contribution in [0.2, 0.25) is 10.0 Å². The summed E-state index contributed by atoms with van der Waals surface area (Å²) in [7, 11) is 0. The summed E-state index contributed by atoms with van der Waals surface area (Å²) in [6, 6.07) is 15.4. The molecule has 0 saturated carbocycles. The molecule has 31 heavy (non-hydrogen) atoms. The predicted octanol–water partition coefficient (Wildman–Crippen LogP) is 6.37. The number of aromatic nitrogens is 3. The van der Waals surface area contributed by atoms with E-state index in [0.717, 1.165) is 53.9 Å². The van der Waals surface area contributed by atoms with Gasteiger partial charge in [-0.05, 0) is 44.9 Å². The second-order valence-corrected chi connectivity index (χ2v) is 8.85. The molecule has 1 aromatic heterocycles. The van der Waals surface area contributed by atoms with Crippen molar-refractivity contribution >= 4 is 40.9 Å². The number of unbranched alkanes of at least 4 members (excludes halogenated alkanes) is 1. The largest absolute Gasteiger partial charge is 0.343 e. The molecular formula is C23H26Cl2N4OS. The molecule has 8 heteroatoms. The fraction of sp³-hybridized carbons (Fsp3) is 0.348. The van der Waals surface area contributed by atoms with Crippen LogP contribution in [0.4, 0.5) is 0 Å². The van der Waals surface area contributed by atoms with Crippen molar-refractivity contribution in [2.45, 2.75) is 38.3 Å². The van der Waals surface area contributed by atoms with E-state index in [1.807, 2.05) is 65.8 Å². The Balaban J connectivity index is 1.74. The summed E-state index contributed by atoms with van der Waals surface area (Å²) in [4.78, 5) is 14.0. The van der Waals surface area contributed by atoms with Gasteiger partial charge in [0.05, 0.1) is 15.7 Å². The Hall–Kier alpha value is -2.02. The third-order valence-corrected chi connectivity index (χ3v) is 6.71. The van der Waals surface area contributed by atoms with E-state index in [2.05, 4.69) is 10.2 Å². The van der Waals surface area contributed by atoms with Crippen LogP contribution in [0.5, 0.6) is 0 Å². The van der Waals surface area contributed by atoms with E-state index in [9.17, 15) is 4.79 Å². The van der Waals surface area contributed by atoms with Gasteiger partial charge in [0.1, 0.15) is 0 Å². The maximum absolute atomic E-state index is 12.2. The Bertz CT molecular complexity index is 1010. The molecule has 0 N–H and O–H groups in total. The minimum Gasteiger partial charge on any atom is -0.343 e. The fourth-order valence-electron chi connectivity index (χ4n) is 3.27. The Morgan fingerprint density at radius 3 is 2.42 bits per heavy atom. The van der Waals surface area contributed by atoms with Crippen LogP contribution >= 0.6 is 35.0 Å². The maximum Gasteiger partial charge on any atom is 0.222 e. The van der Waals surface area contributed by atoms with Crippen molar-refractivity contribution < 1.29 is 4.79 Å². The summed E-state index contributed by atoms with van der Waals surface area (Å²) in [5, 5.41) is 10.7. The SMILES string of the molecule is CCN(CC)C(=O)CCCCSc1nnc(-c2ccccc2)n1-c1ccc(Cl)c(Cl)c1. The molecule has 0 atom stereocenters. The number of halogens is 2. The molecule has 0 aliphatic carbocycles. The highest BCUT2D eigenvalue weighted by Crippen LogP contribution is 2.31. The van der Waals surface area contributed by atoms with E-state index < -0.39 is 0 Å². The van der Waals surface area contributed by atoms with Crippen LogP contribution in [0.1, 0.15) is 33.1 Å². The molecule has 0 aliphatic heterocycles. The van der Waals surface area contributed by atoms with Gasteiger partial charge in [0.15, 0.2) is 11.0 Å². The van der Waals surface area contributed by atoms with Crippen molar-refractivity contribution in [2.24, 2.45) is 0 Å². The van der Waals surface area contributed by atoms with Gasteiger partial charge in [-0.15, -0.1) is 10.2 Å². The number of carbonyl (C=O) groups is 1. The number of hydrogen-bond acceptors (Lipinski definition) is 4. The topological polar surface area (TPSA) is 51.0 Å². The number of hydrogen-bond donors (Lipinski definition) is 0. The lowest BCUT2D eigenvalue weighted by molar-refractivity contribution is -0.130. The smallest absolute Gasteiger partial charge is 0.222 e. The van der Waals surface area contributed by atoms with Gasteiger partial charge in [0.25, 0.3) is 0 Å². The molecule has 0 spiro atoms. The number of amides is 1. The quantitative estimate of drug-likeness (QED) is 0.251. The van der Waals surface area contributed by atoms with Crippen LogP contribution in [-0.2, 0) is 4.79 Å². The number of thioether (sulfide) groups is 1. The minimum atomic E-state index is 0.223. The van der Waals surface area contributed by atoms with Gasteiger partial charge in [-0.3, -0.25) is 9.36 Å². The van der Waals surface area contributed by atoms with E-state index in [1.165, 1.54) is 0 Å². The molecule has 5 nitrogen and oxygen atoms in total. The zero-order valence-electron chi connectivity index (χ0n) is 17.7. The third kappa shape index (κ3) is 6.03. The van der Waals surface area contributed by atoms with E-state index >= 15 is 0 Å². The van der Waals surface area contributed by atoms with Gasteiger partial charge < -0.3 is 4.90 Å². The van der Waals surface area contributed by atoms with Crippen molar-refractivity contribution in [3.05, 3.63) is 58.6 Å². The molecule has 0 fully saturated rings. The summed E-state index contributed by atoms with van der Waals surface area (Å²) in [6.07, 6.45) is 2.36. The van der Waals surface area contributed by atoms with Crippen molar-refractivity contribution in [1.82, 2.24) is 19.7 Å². The molecule has 0 bridgehead atoms. The van der Waals surface area contributed by atoms with Crippen molar-refractivity contribution in [2.75, 3.05) is 18.8 Å². The number of nitrogens with zero attached hydrogens (tertiary/aromatic N) is 4. The monoisotopic (exact) mass is 476 g/mol. The zero-order valence-corrected chi connectivity index (χ0v) is 20.1. The highest BCUT2D eigenvalue weighted by molar-refractivity contribution is 7.99. The highest BCUT2D eigenvalue weighted by Gasteiger charge is 2.17. The maximum atomic E-state index is 12.2. The second kappa shape index (κ2) is 11.6. The van der Waals surface area contributed by atoms with E-state index in [-0.39, 0.29) is 5.91 Å². The average Bonchev–Trinajstić information content (AvgIpc) is 3.21. The first kappa shape index (κ1) is 23.6. The normalized spacial score (nSPS) is 11.0. The van der Waals surface area contributed by atoms with E-state index in [4.69, 9.17) is 23.2 Å². The van der Waals surface area contributed by atoms with Gasteiger partial charge in [-0.1, -0.05) is 65.3 Å². The lowest BCUT2D eigenvalue weighted by Crippen LogP contribution is -2.30. The van der Waals surface area contributed by atoms with Gasteiger partial charge in [0.2, 0.25) is 5.91 Å². The van der Waals surface area contributed by atoms with Gasteiger partial charge in [0, 0.05) is 30.8 Å². The molecule has 164 valence electrons. The second-order valence-electron chi connectivity index (χ2n) is 6.98. The Kier molecular flexibility index (Phi) is 8.81. The van der Waals surface area contributed by atoms with Crippen LogP contribution in [0.25, 0.3) is 17.1 Å². The standard InChI is InChI=1S/C23H26Cl2N4OS/c1-3-28(4-2)21(30)12-8-9-15-31-23-27-26-22(17-10-6-5-7-11-17)29(23)18-13-14-19(24)20(25)16-18/h5-7,10-11,13-14,16H,3-4,8-9,12,15H2,1-2H3.